The van der Waals surface area contributed by atoms with Crippen molar-refractivity contribution < 1.29 is 9.59 Å². The summed E-state index contributed by atoms with van der Waals surface area (Å²) in [7, 11) is 0. The topological polar surface area (TPSA) is 62.0 Å². The maximum absolute atomic E-state index is 12.1. The second-order valence-electron chi connectivity index (χ2n) is 5.10. The summed E-state index contributed by atoms with van der Waals surface area (Å²) in [6.45, 7) is 2.13. The van der Waals surface area contributed by atoms with Gasteiger partial charge in [-0.3, -0.25) is 14.9 Å². The summed E-state index contributed by atoms with van der Waals surface area (Å²) in [6, 6.07) is 7.85. The van der Waals surface area contributed by atoms with Gasteiger partial charge in [-0.05, 0) is 34.8 Å². The number of benzene rings is 1. The molecule has 0 unspecified atom stereocenters. The number of carbonyl (C=O) groups excluding carboxylic acids is 2. The highest BCUT2D eigenvalue weighted by Gasteiger charge is 2.32. The first-order chi connectivity index (χ1) is 10.1. The molecule has 3 rings (SSSR count). The van der Waals surface area contributed by atoms with Crippen LogP contribution >= 0.6 is 15.9 Å². The van der Waals surface area contributed by atoms with Gasteiger partial charge in [-0.25, -0.2) is 0 Å². The molecular weight excluding hydrogens is 332 g/mol. The number of para-hydroxylation sites is 1. The zero-order valence-electron chi connectivity index (χ0n) is 11.6. The summed E-state index contributed by atoms with van der Waals surface area (Å²) in [5.74, 6) is -0.712. The lowest BCUT2D eigenvalue weighted by Crippen LogP contribution is -2.22. The highest BCUT2D eigenvalue weighted by Crippen LogP contribution is 2.35. The summed E-state index contributed by atoms with van der Waals surface area (Å²) in [5, 5.41) is 3.31. The van der Waals surface area contributed by atoms with Crippen LogP contribution in [0.3, 0.4) is 0 Å². The number of halogens is 1. The van der Waals surface area contributed by atoms with E-state index in [1.165, 1.54) is 0 Å². The van der Waals surface area contributed by atoms with E-state index in [9.17, 15) is 9.59 Å². The number of carbonyl (C=O) groups is 2. The SMILES string of the molecule is CCCCc1[nH]c2ccccc2c1C1=C(Br)C(=O)NC1=O. The third-order valence-electron chi connectivity index (χ3n) is 3.69. The van der Waals surface area contributed by atoms with Gasteiger partial charge < -0.3 is 4.98 Å². The van der Waals surface area contributed by atoms with Gasteiger partial charge in [0.1, 0.15) is 0 Å². The summed E-state index contributed by atoms with van der Waals surface area (Å²) in [4.78, 5) is 27.2. The Morgan fingerprint density at radius 1 is 1.14 bits per heavy atom. The maximum atomic E-state index is 12.1. The van der Waals surface area contributed by atoms with Gasteiger partial charge in [0, 0.05) is 22.2 Å². The van der Waals surface area contributed by atoms with Gasteiger partial charge in [0.05, 0.1) is 10.1 Å². The number of H-pyrrole nitrogens is 1. The highest BCUT2D eigenvalue weighted by atomic mass is 79.9. The van der Waals surface area contributed by atoms with E-state index in [1.807, 2.05) is 24.3 Å². The average molecular weight is 347 g/mol. The van der Waals surface area contributed by atoms with Crippen LogP contribution in [0.2, 0.25) is 0 Å². The van der Waals surface area contributed by atoms with Crippen molar-refractivity contribution in [3.8, 4) is 0 Å². The van der Waals surface area contributed by atoms with Crippen LogP contribution in [-0.2, 0) is 16.0 Å². The van der Waals surface area contributed by atoms with Crippen LogP contribution in [0.15, 0.2) is 28.7 Å². The predicted octanol–water partition coefficient (Wildman–Crippen LogP) is 3.27. The average Bonchev–Trinajstić information content (AvgIpc) is 2.94. The third kappa shape index (κ3) is 2.31. The van der Waals surface area contributed by atoms with Crippen molar-refractivity contribution in [3.63, 3.8) is 0 Å². The second-order valence-corrected chi connectivity index (χ2v) is 5.89. The van der Waals surface area contributed by atoms with E-state index in [4.69, 9.17) is 0 Å². The Hall–Kier alpha value is -1.88. The van der Waals surface area contributed by atoms with Crippen LogP contribution in [-0.4, -0.2) is 16.8 Å². The van der Waals surface area contributed by atoms with Gasteiger partial charge in [0.2, 0.25) is 0 Å². The van der Waals surface area contributed by atoms with E-state index < -0.39 is 0 Å². The van der Waals surface area contributed by atoms with E-state index >= 15 is 0 Å². The molecule has 1 aliphatic rings. The van der Waals surface area contributed by atoms with Crippen molar-refractivity contribution in [2.75, 3.05) is 0 Å². The fourth-order valence-corrected chi connectivity index (χ4v) is 3.16. The minimum atomic E-state index is -0.373. The summed E-state index contributed by atoms with van der Waals surface area (Å²) in [6.07, 6.45) is 2.95. The zero-order chi connectivity index (χ0) is 15.0. The Morgan fingerprint density at radius 2 is 1.90 bits per heavy atom. The molecule has 2 amide bonds. The zero-order valence-corrected chi connectivity index (χ0v) is 13.2. The number of aromatic amines is 1. The van der Waals surface area contributed by atoms with E-state index in [0.29, 0.717) is 10.1 Å². The normalized spacial score (nSPS) is 15.1. The molecule has 2 aromatic rings. The third-order valence-corrected chi connectivity index (χ3v) is 4.44. The van der Waals surface area contributed by atoms with E-state index in [-0.39, 0.29) is 11.8 Å². The number of aryl methyl sites for hydroxylation is 1. The lowest BCUT2D eigenvalue weighted by molar-refractivity contribution is -0.123. The number of aromatic nitrogens is 1. The van der Waals surface area contributed by atoms with Crippen LogP contribution in [0.25, 0.3) is 16.5 Å². The first kappa shape index (κ1) is 14.1. The van der Waals surface area contributed by atoms with Crippen LogP contribution in [0.4, 0.5) is 0 Å². The van der Waals surface area contributed by atoms with E-state index in [1.54, 1.807) is 0 Å². The number of nitrogens with one attached hydrogen (secondary N) is 2. The molecule has 0 atom stereocenters. The largest absolute Gasteiger partial charge is 0.358 e. The van der Waals surface area contributed by atoms with E-state index in [2.05, 4.69) is 33.2 Å². The fourth-order valence-electron chi connectivity index (χ4n) is 2.68. The quantitative estimate of drug-likeness (QED) is 0.834. The molecule has 1 aromatic heterocycles. The number of fused-ring (bicyclic) bond motifs is 1. The van der Waals surface area contributed by atoms with Crippen LogP contribution in [0.1, 0.15) is 31.0 Å². The summed E-state index contributed by atoms with van der Waals surface area (Å²) >= 11 is 3.25. The Balaban J connectivity index is 2.25. The monoisotopic (exact) mass is 346 g/mol. The van der Waals surface area contributed by atoms with Crippen LogP contribution < -0.4 is 5.32 Å². The number of rotatable bonds is 4. The number of imide groups is 1. The number of hydrogen-bond donors (Lipinski definition) is 2. The Kier molecular flexibility index (Phi) is 3.68. The molecular formula is C16H15BrN2O2. The lowest BCUT2D eigenvalue weighted by Gasteiger charge is -2.04. The van der Waals surface area contributed by atoms with Gasteiger partial charge in [-0.1, -0.05) is 31.5 Å². The van der Waals surface area contributed by atoms with Crippen molar-refractivity contribution in [3.05, 3.63) is 40.0 Å². The molecule has 0 spiro atoms. The molecule has 0 bridgehead atoms. The van der Waals surface area contributed by atoms with Crippen molar-refractivity contribution in [1.29, 1.82) is 0 Å². The molecule has 5 heteroatoms. The van der Waals surface area contributed by atoms with Crippen molar-refractivity contribution in [2.24, 2.45) is 0 Å². The first-order valence-corrected chi connectivity index (χ1v) is 7.78. The Bertz CT molecular complexity index is 774. The molecule has 2 heterocycles. The minimum Gasteiger partial charge on any atom is -0.358 e. The smallest absolute Gasteiger partial charge is 0.265 e. The van der Waals surface area contributed by atoms with Gasteiger partial charge in [0.15, 0.2) is 0 Å². The van der Waals surface area contributed by atoms with Gasteiger partial charge in [-0.2, -0.15) is 0 Å². The van der Waals surface area contributed by atoms with Crippen LogP contribution in [0, 0.1) is 0 Å². The van der Waals surface area contributed by atoms with Gasteiger partial charge in [-0.15, -0.1) is 0 Å². The van der Waals surface area contributed by atoms with Gasteiger partial charge in [0.25, 0.3) is 11.8 Å². The van der Waals surface area contributed by atoms with Crippen LogP contribution in [0.5, 0.6) is 0 Å². The molecule has 1 aromatic carbocycles. The molecule has 0 aliphatic carbocycles. The van der Waals surface area contributed by atoms with Crippen molar-refractivity contribution in [2.45, 2.75) is 26.2 Å². The molecule has 4 nitrogen and oxygen atoms in total. The van der Waals surface area contributed by atoms with E-state index in [0.717, 1.165) is 41.4 Å². The second kappa shape index (κ2) is 5.48. The van der Waals surface area contributed by atoms with Crippen molar-refractivity contribution >= 4 is 44.2 Å². The molecule has 108 valence electrons. The fraction of sp³-hybridized carbons (Fsp3) is 0.250. The molecule has 21 heavy (non-hydrogen) atoms. The molecule has 0 saturated heterocycles. The lowest BCUT2D eigenvalue weighted by atomic mass is 9.99. The standard InChI is InChI=1S/C16H15BrN2O2/c1-2-3-7-11-12(9-6-4-5-8-10(9)18-11)13-14(17)16(21)19-15(13)20/h4-6,8,18H,2-3,7H2,1H3,(H,19,20,21). The summed E-state index contributed by atoms with van der Waals surface area (Å²) in [5.41, 5.74) is 3.27. The minimum absolute atomic E-state index is 0.315. The highest BCUT2D eigenvalue weighted by molar-refractivity contribution is 9.12. The van der Waals surface area contributed by atoms with Gasteiger partial charge >= 0.3 is 0 Å². The number of hydrogen-bond acceptors (Lipinski definition) is 2. The molecule has 0 saturated carbocycles. The predicted molar refractivity (Wildman–Crippen MR) is 85.9 cm³/mol. The molecule has 2 N–H and O–H groups in total. The molecule has 0 radical (unpaired) electrons. The Morgan fingerprint density at radius 3 is 2.57 bits per heavy atom. The molecule has 1 aliphatic heterocycles. The Labute approximate surface area is 130 Å². The number of unbranched alkanes of at least 4 members (excludes halogenated alkanes) is 1. The van der Waals surface area contributed by atoms with Crippen molar-refractivity contribution in [1.82, 2.24) is 10.3 Å². The maximum Gasteiger partial charge on any atom is 0.265 e. The molecule has 0 fully saturated rings. The first-order valence-electron chi connectivity index (χ1n) is 6.99. The summed E-state index contributed by atoms with van der Waals surface area (Å²) < 4.78 is 0.315. The number of amides is 2.